The molecule has 1 N–H and O–H groups in total. The topological polar surface area (TPSA) is 102 Å². The number of hydrogen-bond acceptors (Lipinski definition) is 7. The molecule has 114 valence electrons. The number of hydrogen-bond donors (Lipinski definition) is 1. The summed E-state index contributed by atoms with van der Waals surface area (Å²) in [5, 5.41) is 14.8. The average molecular weight is 329 g/mol. The van der Waals surface area contributed by atoms with Crippen molar-refractivity contribution in [1.29, 1.82) is 0 Å². The van der Waals surface area contributed by atoms with Gasteiger partial charge in [-0.15, -0.1) is 11.3 Å². The lowest BCUT2D eigenvalue weighted by Gasteiger charge is -2.07. The Kier molecular flexibility index (Phi) is 4.43. The molecule has 9 heteroatoms. The van der Waals surface area contributed by atoms with Crippen molar-refractivity contribution in [3.63, 3.8) is 0 Å². The number of nitrogens with one attached hydrogen (secondary N) is 1. The Bertz CT molecular complexity index is 783. The predicted octanol–water partition coefficient (Wildman–Crippen LogP) is 2.36. The van der Waals surface area contributed by atoms with E-state index in [0.717, 1.165) is 9.71 Å². The minimum Gasteiger partial charge on any atom is -0.378 e. The van der Waals surface area contributed by atoms with Crippen LogP contribution in [0, 0.1) is 17.0 Å². The lowest BCUT2D eigenvalue weighted by Crippen LogP contribution is -2.17. The van der Waals surface area contributed by atoms with Crippen LogP contribution in [0.3, 0.4) is 0 Å². The third kappa shape index (κ3) is 3.67. The van der Waals surface area contributed by atoms with Crippen molar-refractivity contribution in [3.8, 4) is 0 Å². The number of fused-ring (bicyclic) bond motifs is 1. The van der Waals surface area contributed by atoms with Gasteiger partial charge in [0.15, 0.2) is 9.84 Å². The van der Waals surface area contributed by atoms with Gasteiger partial charge in [0.1, 0.15) is 5.69 Å². The highest BCUT2D eigenvalue weighted by Crippen LogP contribution is 2.32. The number of rotatable bonds is 6. The van der Waals surface area contributed by atoms with E-state index >= 15 is 0 Å². The molecule has 2 rings (SSSR count). The highest BCUT2D eigenvalue weighted by molar-refractivity contribution is 7.91. The molecule has 0 atom stereocenters. The quantitative estimate of drug-likeness (QED) is 0.644. The fraction of sp³-hybridized carbons (Fsp3) is 0.417. The summed E-state index contributed by atoms with van der Waals surface area (Å²) in [5.41, 5.74) is 0.896. The molecule has 0 aliphatic rings. The van der Waals surface area contributed by atoms with Crippen LogP contribution in [-0.4, -0.2) is 36.4 Å². The molecule has 1 aromatic carbocycles. The van der Waals surface area contributed by atoms with Crippen LogP contribution in [0.1, 0.15) is 11.9 Å². The second-order valence-electron chi connectivity index (χ2n) is 4.49. The minimum atomic E-state index is -3.11. The summed E-state index contributed by atoms with van der Waals surface area (Å²) < 4.78 is 23.6. The first-order valence-corrected chi connectivity index (χ1v) is 8.96. The van der Waals surface area contributed by atoms with Crippen LogP contribution in [0.15, 0.2) is 12.1 Å². The average Bonchev–Trinajstić information content (AvgIpc) is 2.76. The Morgan fingerprint density at radius 2 is 2.14 bits per heavy atom. The first-order chi connectivity index (χ1) is 9.82. The number of aromatic nitrogens is 1. The van der Waals surface area contributed by atoms with Gasteiger partial charge in [0, 0.05) is 18.4 Å². The summed E-state index contributed by atoms with van der Waals surface area (Å²) in [7, 11) is -3.11. The van der Waals surface area contributed by atoms with Crippen LogP contribution in [-0.2, 0) is 9.84 Å². The van der Waals surface area contributed by atoms with Crippen molar-refractivity contribution in [2.24, 2.45) is 0 Å². The van der Waals surface area contributed by atoms with E-state index in [1.807, 2.05) is 6.92 Å². The van der Waals surface area contributed by atoms with Crippen LogP contribution in [0.25, 0.3) is 10.2 Å². The molecule has 0 unspecified atom stereocenters. The molecule has 0 amide bonds. The molecule has 0 spiro atoms. The number of sulfone groups is 1. The highest BCUT2D eigenvalue weighted by atomic mass is 32.2. The van der Waals surface area contributed by atoms with Crippen molar-refractivity contribution in [3.05, 3.63) is 27.3 Å². The number of thiazole rings is 1. The van der Waals surface area contributed by atoms with Gasteiger partial charge >= 0.3 is 0 Å². The van der Waals surface area contributed by atoms with Crippen molar-refractivity contribution in [2.45, 2.75) is 13.8 Å². The maximum absolute atomic E-state index is 11.4. The van der Waals surface area contributed by atoms with E-state index in [9.17, 15) is 18.5 Å². The minimum absolute atomic E-state index is 0.0566. The monoisotopic (exact) mass is 329 g/mol. The predicted molar refractivity (Wildman–Crippen MR) is 83.8 cm³/mol. The van der Waals surface area contributed by atoms with Gasteiger partial charge in [-0.1, -0.05) is 6.92 Å². The van der Waals surface area contributed by atoms with E-state index in [0.29, 0.717) is 11.2 Å². The molecular formula is C12H15N3O4S2. The number of benzene rings is 1. The summed E-state index contributed by atoms with van der Waals surface area (Å²) in [4.78, 5) is 14.9. The van der Waals surface area contributed by atoms with Crippen LogP contribution in [0.5, 0.6) is 0 Å². The van der Waals surface area contributed by atoms with Crippen molar-refractivity contribution < 1.29 is 13.3 Å². The molecule has 0 bridgehead atoms. The SMILES string of the molecule is CCS(=O)(=O)CCNc1cc2nc(C)sc2cc1[N+](=O)[O-]. The summed E-state index contributed by atoms with van der Waals surface area (Å²) in [6.07, 6.45) is 0. The molecule has 1 heterocycles. The van der Waals surface area contributed by atoms with Gasteiger partial charge in [-0.05, 0) is 13.0 Å². The van der Waals surface area contributed by atoms with Crippen molar-refractivity contribution in [2.75, 3.05) is 23.4 Å². The standard InChI is InChI=1S/C12H15N3O4S2/c1-3-21(18,19)5-4-13-9-6-10-12(20-8(2)14-10)7-11(9)15(16)17/h6-7,13H,3-5H2,1-2H3. The highest BCUT2D eigenvalue weighted by Gasteiger charge is 2.17. The molecular weight excluding hydrogens is 314 g/mol. The third-order valence-corrected chi connectivity index (χ3v) is 5.62. The zero-order valence-corrected chi connectivity index (χ0v) is 13.3. The summed E-state index contributed by atoms with van der Waals surface area (Å²) in [5.74, 6) is -0.00409. The Morgan fingerprint density at radius 3 is 2.76 bits per heavy atom. The van der Waals surface area contributed by atoms with Crippen LogP contribution in [0.2, 0.25) is 0 Å². The first kappa shape index (κ1) is 15.6. The van der Waals surface area contributed by atoms with E-state index in [1.165, 1.54) is 17.4 Å². The first-order valence-electron chi connectivity index (χ1n) is 6.32. The van der Waals surface area contributed by atoms with E-state index in [2.05, 4.69) is 10.3 Å². The van der Waals surface area contributed by atoms with Gasteiger partial charge in [0.05, 0.1) is 25.9 Å². The molecule has 7 nitrogen and oxygen atoms in total. The van der Waals surface area contributed by atoms with Crippen molar-refractivity contribution in [1.82, 2.24) is 4.98 Å². The second kappa shape index (κ2) is 5.94. The Balaban J connectivity index is 2.28. The third-order valence-electron chi connectivity index (χ3n) is 2.98. The normalized spacial score (nSPS) is 11.7. The van der Waals surface area contributed by atoms with E-state index in [4.69, 9.17) is 0 Å². The van der Waals surface area contributed by atoms with Gasteiger partial charge in [-0.3, -0.25) is 10.1 Å². The largest absolute Gasteiger partial charge is 0.378 e. The summed E-state index contributed by atoms with van der Waals surface area (Å²) in [6, 6.07) is 3.06. The van der Waals surface area contributed by atoms with Crippen LogP contribution < -0.4 is 5.32 Å². The zero-order valence-electron chi connectivity index (χ0n) is 11.6. The second-order valence-corrected chi connectivity index (χ2v) is 8.20. The van der Waals surface area contributed by atoms with Crippen molar-refractivity contribution >= 4 is 42.8 Å². The van der Waals surface area contributed by atoms with E-state index in [1.54, 1.807) is 13.0 Å². The molecule has 0 saturated heterocycles. The summed E-state index contributed by atoms with van der Waals surface area (Å²) >= 11 is 1.38. The maximum Gasteiger partial charge on any atom is 0.293 e. The zero-order chi connectivity index (χ0) is 15.6. The van der Waals surface area contributed by atoms with Gasteiger partial charge in [-0.25, -0.2) is 13.4 Å². The van der Waals surface area contributed by atoms with Gasteiger partial charge in [0.2, 0.25) is 0 Å². The van der Waals surface area contributed by atoms with Gasteiger partial charge in [-0.2, -0.15) is 0 Å². The maximum atomic E-state index is 11.4. The fourth-order valence-corrected chi connectivity index (χ4v) is 3.40. The lowest BCUT2D eigenvalue weighted by atomic mass is 10.2. The Labute approximate surface area is 126 Å². The number of nitro benzene ring substituents is 1. The van der Waals surface area contributed by atoms with Crippen LogP contribution >= 0.6 is 11.3 Å². The molecule has 0 aliphatic heterocycles. The molecule has 0 aliphatic carbocycles. The number of anilines is 1. The van der Waals surface area contributed by atoms with Gasteiger partial charge in [0.25, 0.3) is 5.69 Å². The number of nitrogens with zero attached hydrogens (tertiary/aromatic N) is 2. The Hall–Kier alpha value is -1.74. The molecule has 21 heavy (non-hydrogen) atoms. The van der Waals surface area contributed by atoms with E-state index < -0.39 is 14.8 Å². The molecule has 1 aromatic heterocycles. The molecule has 0 fully saturated rings. The number of aryl methyl sites for hydroxylation is 1. The molecule has 2 aromatic rings. The summed E-state index contributed by atoms with van der Waals surface area (Å²) in [6.45, 7) is 3.53. The molecule has 0 radical (unpaired) electrons. The van der Waals surface area contributed by atoms with Crippen LogP contribution in [0.4, 0.5) is 11.4 Å². The van der Waals surface area contributed by atoms with E-state index in [-0.39, 0.29) is 23.7 Å². The fourth-order valence-electron chi connectivity index (χ4n) is 1.86. The molecule has 0 saturated carbocycles. The lowest BCUT2D eigenvalue weighted by molar-refractivity contribution is -0.383. The van der Waals surface area contributed by atoms with Gasteiger partial charge < -0.3 is 5.32 Å². The Morgan fingerprint density at radius 1 is 1.43 bits per heavy atom. The number of nitro groups is 1. The smallest absolute Gasteiger partial charge is 0.293 e.